The molecular weight excluding hydrogens is 226 g/mol. The number of hydrogen-bond donors (Lipinski definition) is 1. The van der Waals surface area contributed by atoms with E-state index in [0.717, 1.165) is 43.3 Å². The van der Waals surface area contributed by atoms with Crippen LogP contribution in [0.1, 0.15) is 41.5 Å². The summed E-state index contributed by atoms with van der Waals surface area (Å²) in [5.41, 5.74) is 3.60. The Morgan fingerprint density at radius 3 is 2.39 bits per heavy atom. The van der Waals surface area contributed by atoms with Crippen molar-refractivity contribution in [3.63, 3.8) is 0 Å². The molecule has 1 aliphatic rings. The third-order valence-electron chi connectivity index (χ3n) is 3.42. The van der Waals surface area contributed by atoms with Crippen LogP contribution in [0.5, 0.6) is 0 Å². The van der Waals surface area contributed by atoms with E-state index in [1.54, 1.807) is 7.11 Å². The molecule has 1 N–H and O–H groups in total. The SMILES string of the molecule is COCCNCCc1c(C)nc(C2CC2)nc1C. The van der Waals surface area contributed by atoms with Crippen molar-refractivity contribution < 1.29 is 4.74 Å². The number of ether oxygens (including phenoxy) is 1. The zero-order valence-corrected chi connectivity index (χ0v) is 11.6. The summed E-state index contributed by atoms with van der Waals surface area (Å²) in [7, 11) is 1.72. The van der Waals surface area contributed by atoms with Gasteiger partial charge in [0, 0.05) is 31.0 Å². The molecule has 0 amide bonds. The van der Waals surface area contributed by atoms with Crippen molar-refractivity contribution in [1.29, 1.82) is 0 Å². The van der Waals surface area contributed by atoms with Crippen LogP contribution in [0.15, 0.2) is 0 Å². The highest BCUT2D eigenvalue weighted by atomic mass is 16.5. The van der Waals surface area contributed by atoms with Crippen molar-refractivity contribution in [2.24, 2.45) is 0 Å². The number of methoxy groups -OCH3 is 1. The summed E-state index contributed by atoms with van der Waals surface area (Å²) in [4.78, 5) is 9.29. The second-order valence-corrected chi connectivity index (χ2v) is 5.00. The summed E-state index contributed by atoms with van der Waals surface area (Å²) < 4.78 is 5.00. The maximum Gasteiger partial charge on any atom is 0.131 e. The van der Waals surface area contributed by atoms with E-state index in [1.165, 1.54) is 18.4 Å². The molecule has 0 atom stereocenters. The van der Waals surface area contributed by atoms with Crippen LogP contribution in [0.25, 0.3) is 0 Å². The summed E-state index contributed by atoms with van der Waals surface area (Å²) in [5, 5.41) is 3.36. The molecule has 0 bridgehead atoms. The van der Waals surface area contributed by atoms with Gasteiger partial charge in [0.05, 0.1) is 6.61 Å². The molecule has 1 fully saturated rings. The molecule has 0 aliphatic heterocycles. The first-order valence-electron chi connectivity index (χ1n) is 6.76. The zero-order chi connectivity index (χ0) is 13.0. The van der Waals surface area contributed by atoms with Crippen LogP contribution < -0.4 is 5.32 Å². The Balaban J connectivity index is 1.91. The standard InChI is InChI=1S/C14H23N3O/c1-10-13(6-7-15-8-9-18-3)11(2)17-14(16-10)12-4-5-12/h12,15H,4-9H2,1-3H3. The Bertz CT molecular complexity index is 379. The molecule has 0 unspecified atom stereocenters. The molecule has 18 heavy (non-hydrogen) atoms. The molecule has 0 radical (unpaired) electrons. The van der Waals surface area contributed by atoms with Crippen LogP contribution in [-0.2, 0) is 11.2 Å². The van der Waals surface area contributed by atoms with Crippen molar-refractivity contribution in [2.75, 3.05) is 26.8 Å². The average molecular weight is 249 g/mol. The number of aromatic nitrogens is 2. The van der Waals surface area contributed by atoms with Gasteiger partial charge in [-0.3, -0.25) is 0 Å². The number of aryl methyl sites for hydroxylation is 2. The van der Waals surface area contributed by atoms with E-state index >= 15 is 0 Å². The van der Waals surface area contributed by atoms with Gasteiger partial charge >= 0.3 is 0 Å². The normalized spacial score (nSPS) is 15.1. The lowest BCUT2D eigenvalue weighted by molar-refractivity contribution is 0.199. The van der Waals surface area contributed by atoms with Crippen molar-refractivity contribution in [3.8, 4) is 0 Å². The predicted molar refractivity (Wildman–Crippen MR) is 71.9 cm³/mol. The van der Waals surface area contributed by atoms with Gasteiger partial charge < -0.3 is 10.1 Å². The molecule has 0 spiro atoms. The van der Waals surface area contributed by atoms with Gasteiger partial charge in [0.15, 0.2) is 0 Å². The molecule has 0 saturated heterocycles. The van der Waals surface area contributed by atoms with Crippen molar-refractivity contribution in [3.05, 3.63) is 22.8 Å². The summed E-state index contributed by atoms with van der Waals surface area (Å²) >= 11 is 0. The fourth-order valence-corrected chi connectivity index (χ4v) is 2.16. The molecule has 1 aliphatic carbocycles. The van der Waals surface area contributed by atoms with Crippen LogP contribution in [0.3, 0.4) is 0 Å². The summed E-state index contributed by atoms with van der Waals surface area (Å²) in [5.74, 6) is 1.69. The maximum absolute atomic E-state index is 5.00. The first-order chi connectivity index (χ1) is 8.72. The summed E-state index contributed by atoms with van der Waals surface area (Å²) in [6.07, 6.45) is 3.51. The topological polar surface area (TPSA) is 47.0 Å². The van der Waals surface area contributed by atoms with Gasteiger partial charge in [-0.25, -0.2) is 9.97 Å². The quantitative estimate of drug-likeness (QED) is 0.748. The van der Waals surface area contributed by atoms with E-state index in [2.05, 4.69) is 29.1 Å². The van der Waals surface area contributed by atoms with Gasteiger partial charge in [-0.1, -0.05) is 0 Å². The number of nitrogens with one attached hydrogen (secondary N) is 1. The van der Waals surface area contributed by atoms with E-state index in [9.17, 15) is 0 Å². The van der Waals surface area contributed by atoms with Crippen molar-refractivity contribution in [1.82, 2.24) is 15.3 Å². The molecule has 1 aromatic rings. The Morgan fingerprint density at radius 1 is 1.17 bits per heavy atom. The molecule has 1 heterocycles. The fraction of sp³-hybridized carbons (Fsp3) is 0.714. The molecule has 100 valence electrons. The fourth-order valence-electron chi connectivity index (χ4n) is 2.16. The number of rotatable bonds is 7. The van der Waals surface area contributed by atoms with Crippen LogP contribution in [0.2, 0.25) is 0 Å². The Morgan fingerprint density at radius 2 is 1.83 bits per heavy atom. The van der Waals surface area contributed by atoms with Gasteiger partial charge in [-0.15, -0.1) is 0 Å². The second kappa shape index (κ2) is 6.25. The van der Waals surface area contributed by atoms with Crippen LogP contribution >= 0.6 is 0 Å². The van der Waals surface area contributed by atoms with Gasteiger partial charge in [0.2, 0.25) is 0 Å². The van der Waals surface area contributed by atoms with E-state index in [-0.39, 0.29) is 0 Å². The Hall–Kier alpha value is -1.00. The number of nitrogens with zero attached hydrogens (tertiary/aromatic N) is 2. The van der Waals surface area contributed by atoms with Gasteiger partial charge in [-0.2, -0.15) is 0 Å². The number of hydrogen-bond acceptors (Lipinski definition) is 4. The second-order valence-electron chi connectivity index (χ2n) is 5.00. The van der Waals surface area contributed by atoms with Crippen molar-refractivity contribution in [2.45, 2.75) is 39.0 Å². The highest BCUT2D eigenvalue weighted by Crippen LogP contribution is 2.38. The van der Waals surface area contributed by atoms with E-state index < -0.39 is 0 Å². The minimum atomic E-state index is 0.635. The first-order valence-corrected chi connectivity index (χ1v) is 6.76. The average Bonchev–Trinajstić information content (AvgIpc) is 3.15. The lowest BCUT2D eigenvalue weighted by atomic mass is 10.1. The molecule has 2 rings (SSSR count). The van der Waals surface area contributed by atoms with Crippen LogP contribution in [0, 0.1) is 13.8 Å². The van der Waals surface area contributed by atoms with Crippen molar-refractivity contribution >= 4 is 0 Å². The smallest absolute Gasteiger partial charge is 0.131 e. The monoisotopic (exact) mass is 249 g/mol. The molecule has 0 aromatic carbocycles. The third kappa shape index (κ3) is 3.50. The maximum atomic E-state index is 5.00. The zero-order valence-electron chi connectivity index (χ0n) is 11.6. The summed E-state index contributed by atoms with van der Waals surface area (Å²) in [6.45, 7) is 6.82. The van der Waals surface area contributed by atoms with E-state index in [1.807, 2.05) is 0 Å². The molecule has 1 saturated carbocycles. The van der Waals surface area contributed by atoms with Crippen LogP contribution in [0.4, 0.5) is 0 Å². The lowest BCUT2D eigenvalue weighted by Gasteiger charge is -2.11. The van der Waals surface area contributed by atoms with Gasteiger partial charge in [0.1, 0.15) is 5.82 Å². The van der Waals surface area contributed by atoms with E-state index in [0.29, 0.717) is 5.92 Å². The lowest BCUT2D eigenvalue weighted by Crippen LogP contribution is -2.22. The molecule has 1 aromatic heterocycles. The predicted octanol–water partition coefficient (Wildman–Crippen LogP) is 1.75. The van der Waals surface area contributed by atoms with Crippen LogP contribution in [-0.4, -0.2) is 36.8 Å². The molecule has 4 nitrogen and oxygen atoms in total. The van der Waals surface area contributed by atoms with Gasteiger partial charge in [-0.05, 0) is 45.2 Å². The molecular formula is C14H23N3O. The molecule has 4 heteroatoms. The van der Waals surface area contributed by atoms with E-state index in [4.69, 9.17) is 4.74 Å². The van der Waals surface area contributed by atoms with Gasteiger partial charge in [0.25, 0.3) is 0 Å². The minimum absolute atomic E-state index is 0.635. The summed E-state index contributed by atoms with van der Waals surface area (Å²) in [6, 6.07) is 0. The minimum Gasteiger partial charge on any atom is -0.383 e. The largest absolute Gasteiger partial charge is 0.383 e. The highest BCUT2D eigenvalue weighted by Gasteiger charge is 2.27. The highest BCUT2D eigenvalue weighted by molar-refractivity contribution is 5.26. The third-order valence-corrected chi connectivity index (χ3v) is 3.42. The first kappa shape index (κ1) is 13.4. The Labute approximate surface area is 109 Å². The Kier molecular flexibility index (Phi) is 4.66.